The number of hydrogen-bond acceptors (Lipinski definition) is 7. The summed E-state index contributed by atoms with van der Waals surface area (Å²) < 4.78 is 4.91. The summed E-state index contributed by atoms with van der Waals surface area (Å²) >= 11 is 10.4. The molecule has 0 atom stereocenters. The molecule has 0 aliphatic carbocycles. The monoisotopic (exact) mass is 394 g/mol. The Labute approximate surface area is 158 Å². The van der Waals surface area contributed by atoms with Crippen LogP contribution in [0.15, 0.2) is 40.8 Å². The Kier molecular flexibility index (Phi) is 5.83. The molecule has 0 radical (unpaired) electrons. The highest BCUT2D eigenvalue weighted by Gasteiger charge is 2.10. The van der Waals surface area contributed by atoms with Gasteiger partial charge in [0.25, 0.3) is 0 Å². The second-order valence-corrected chi connectivity index (χ2v) is 9.57. The van der Waals surface area contributed by atoms with E-state index < -0.39 is 0 Å². The van der Waals surface area contributed by atoms with Gasteiger partial charge >= 0.3 is 0 Å². The van der Waals surface area contributed by atoms with Crippen molar-refractivity contribution in [3.63, 3.8) is 0 Å². The molecule has 0 saturated heterocycles. The van der Waals surface area contributed by atoms with Crippen LogP contribution in [0.5, 0.6) is 0 Å². The van der Waals surface area contributed by atoms with Gasteiger partial charge in [-0.25, -0.2) is 9.67 Å². The largest absolute Gasteiger partial charge is 0.281 e. The van der Waals surface area contributed by atoms with Gasteiger partial charge < -0.3 is 0 Å². The fourth-order valence-electron chi connectivity index (χ4n) is 2.12. The lowest BCUT2D eigenvalue weighted by atomic mass is 10.3. The highest BCUT2D eigenvalue weighted by molar-refractivity contribution is 8.01. The van der Waals surface area contributed by atoms with E-state index in [1.165, 1.54) is 4.70 Å². The smallest absolute Gasteiger partial charge is 0.181 e. The first-order valence-electron chi connectivity index (χ1n) is 7.39. The highest BCUT2D eigenvalue weighted by Crippen LogP contribution is 2.25. The van der Waals surface area contributed by atoms with Crippen molar-refractivity contribution in [1.29, 1.82) is 0 Å². The lowest BCUT2D eigenvalue weighted by Gasteiger charge is -2.14. The zero-order chi connectivity index (χ0) is 17.1. The molecule has 126 valence electrons. The van der Waals surface area contributed by atoms with Gasteiger partial charge in [0.05, 0.1) is 23.4 Å². The Morgan fingerprint density at radius 2 is 2.17 bits per heavy atom. The van der Waals surface area contributed by atoms with Gasteiger partial charge in [0, 0.05) is 5.75 Å². The topological polar surface area (TPSA) is 34.0 Å². The van der Waals surface area contributed by atoms with E-state index in [0.29, 0.717) is 6.67 Å². The third-order valence-corrected chi connectivity index (χ3v) is 6.84. The van der Waals surface area contributed by atoms with Crippen LogP contribution in [0.25, 0.3) is 10.2 Å². The number of fused-ring (bicyclic) bond motifs is 1. The molecule has 0 aliphatic heterocycles. The summed E-state index contributed by atoms with van der Waals surface area (Å²) in [5.74, 6) is 0.879. The van der Waals surface area contributed by atoms with Crippen molar-refractivity contribution in [2.24, 2.45) is 0 Å². The van der Waals surface area contributed by atoms with Crippen molar-refractivity contribution in [3.8, 4) is 0 Å². The molecule has 8 heteroatoms. The predicted octanol–water partition coefficient (Wildman–Crippen LogP) is 5.04. The quantitative estimate of drug-likeness (QED) is 0.318. The van der Waals surface area contributed by atoms with Crippen molar-refractivity contribution in [2.75, 3.05) is 12.8 Å². The van der Waals surface area contributed by atoms with Crippen LogP contribution >= 0.6 is 46.7 Å². The predicted molar refractivity (Wildman–Crippen MR) is 108 cm³/mol. The summed E-state index contributed by atoms with van der Waals surface area (Å²) in [5, 5.41) is 5.71. The first-order chi connectivity index (χ1) is 11.5. The fraction of sp³-hybridized carbons (Fsp3) is 0.312. The van der Waals surface area contributed by atoms with E-state index in [1.54, 1.807) is 34.4 Å². The normalized spacial score (nSPS) is 11.5. The average Bonchev–Trinajstić information content (AvgIpc) is 3.08. The summed E-state index contributed by atoms with van der Waals surface area (Å²) in [7, 11) is 2.06. The number of thiazole rings is 1. The molecule has 1 aromatic carbocycles. The number of benzene rings is 1. The van der Waals surface area contributed by atoms with E-state index in [0.717, 1.165) is 36.7 Å². The number of para-hydroxylation sites is 1. The lowest BCUT2D eigenvalue weighted by molar-refractivity contribution is 0.243. The van der Waals surface area contributed by atoms with Gasteiger partial charge in [0.15, 0.2) is 8.29 Å². The van der Waals surface area contributed by atoms with E-state index in [-0.39, 0.29) is 0 Å². The second-order valence-electron chi connectivity index (χ2n) is 5.61. The van der Waals surface area contributed by atoms with Gasteiger partial charge in [-0.1, -0.05) is 47.4 Å². The van der Waals surface area contributed by atoms with Crippen LogP contribution in [-0.2, 0) is 13.2 Å². The van der Waals surface area contributed by atoms with Crippen molar-refractivity contribution >= 4 is 56.9 Å². The number of aromatic nitrogens is 3. The molecule has 0 saturated carbocycles. The van der Waals surface area contributed by atoms with Crippen LogP contribution in [0.3, 0.4) is 0 Å². The van der Waals surface area contributed by atoms with E-state index in [9.17, 15) is 0 Å². The minimum atomic E-state index is 0.666. The molecule has 24 heavy (non-hydrogen) atoms. The molecule has 0 unspecified atom stereocenters. The van der Waals surface area contributed by atoms with Crippen molar-refractivity contribution in [3.05, 3.63) is 45.4 Å². The van der Waals surface area contributed by atoms with Crippen LogP contribution in [-0.4, -0.2) is 32.5 Å². The third-order valence-electron chi connectivity index (χ3n) is 3.15. The molecule has 0 fully saturated rings. The Morgan fingerprint density at radius 3 is 2.92 bits per heavy atom. The maximum absolute atomic E-state index is 5.43. The summed E-state index contributed by atoms with van der Waals surface area (Å²) in [6.07, 6.45) is 0. The minimum absolute atomic E-state index is 0.666. The van der Waals surface area contributed by atoms with Gasteiger partial charge in [0.2, 0.25) is 0 Å². The number of rotatable bonds is 7. The summed E-state index contributed by atoms with van der Waals surface area (Å²) in [6.45, 7) is 7.39. The Bertz CT molecular complexity index is 875. The lowest BCUT2D eigenvalue weighted by Crippen LogP contribution is -2.22. The van der Waals surface area contributed by atoms with Crippen LogP contribution in [0, 0.1) is 3.95 Å². The molecular formula is C16H18N4S4. The molecule has 0 amide bonds. The van der Waals surface area contributed by atoms with Gasteiger partial charge in [-0.2, -0.15) is 5.10 Å². The van der Waals surface area contributed by atoms with Crippen molar-refractivity contribution < 1.29 is 0 Å². The maximum atomic E-state index is 5.43. The molecule has 0 bridgehead atoms. The zero-order valence-corrected chi connectivity index (χ0v) is 16.8. The number of hydrogen-bond donors (Lipinski definition) is 0. The van der Waals surface area contributed by atoms with E-state index in [1.807, 2.05) is 23.7 Å². The fourth-order valence-corrected chi connectivity index (χ4v) is 5.33. The average molecular weight is 395 g/mol. The molecule has 0 N–H and O–H groups in total. The summed E-state index contributed by atoms with van der Waals surface area (Å²) in [6, 6.07) is 8.23. The third kappa shape index (κ3) is 4.52. The summed E-state index contributed by atoms with van der Waals surface area (Å²) in [4.78, 5) is 6.86. The highest BCUT2D eigenvalue weighted by atomic mass is 32.2. The SMILES string of the molecule is C=C(C)CSc1nn(CN(C)Cc2nc3ccccc3s2)c(=S)s1. The van der Waals surface area contributed by atoms with Crippen LogP contribution in [0.2, 0.25) is 0 Å². The van der Waals surface area contributed by atoms with E-state index in [4.69, 9.17) is 12.2 Å². The minimum Gasteiger partial charge on any atom is -0.281 e. The molecular weight excluding hydrogens is 376 g/mol. The molecule has 3 rings (SSSR count). The van der Waals surface area contributed by atoms with Crippen LogP contribution < -0.4 is 0 Å². The summed E-state index contributed by atoms with van der Waals surface area (Å²) in [5.41, 5.74) is 2.20. The molecule has 2 aromatic heterocycles. The molecule has 3 aromatic rings. The Morgan fingerprint density at radius 1 is 1.38 bits per heavy atom. The van der Waals surface area contributed by atoms with Gasteiger partial charge in [-0.3, -0.25) is 4.90 Å². The van der Waals surface area contributed by atoms with Gasteiger partial charge in [-0.15, -0.1) is 11.3 Å². The Balaban J connectivity index is 1.65. The maximum Gasteiger partial charge on any atom is 0.181 e. The second kappa shape index (κ2) is 7.88. The van der Waals surface area contributed by atoms with Crippen LogP contribution in [0.1, 0.15) is 11.9 Å². The molecule has 2 heterocycles. The van der Waals surface area contributed by atoms with Crippen molar-refractivity contribution in [1.82, 2.24) is 19.7 Å². The first-order valence-corrected chi connectivity index (χ1v) is 10.4. The molecule has 0 aliphatic rings. The first kappa shape index (κ1) is 17.8. The number of thioether (sulfide) groups is 1. The van der Waals surface area contributed by atoms with E-state index in [2.05, 4.69) is 40.7 Å². The van der Waals surface area contributed by atoms with Gasteiger partial charge in [0.1, 0.15) is 5.01 Å². The molecule has 4 nitrogen and oxygen atoms in total. The molecule has 0 spiro atoms. The van der Waals surface area contributed by atoms with E-state index >= 15 is 0 Å². The standard InChI is InChI=1S/C16H18N4S4/c1-11(2)9-22-15-18-20(16(21)24-15)10-19(3)8-14-17-12-6-4-5-7-13(12)23-14/h4-7H,1,8-10H2,2-3H3. The van der Waals surface area contributed by atoms with Crippen LogP contribution in [0.4, 0.5) is 0 Å². The number of nitrogens with zero attached hydrogens (tertiary/aromatic N) is 4. The Hall–Kier alpha value is -1.06. The van der Waals surface area contributed by atoms with Gasteiger partial charge in [-0.05, 0) is 38.3 Å². The van der Waals surface area contributed by atoms with Crippen molar-refractivity contribution in [2.45, 2.75) is 24.5 Å². The zero-order valence-electron chi connectivity index (χ0n) is 13.6.